The van der Waals surface area contributed by atoms with Crippen LogP contribution in [-0.4, -0.2) is 9.78 Å². The number of rotatable bonds is 1. The number of nitrogens with two attached hydrogens (primary N) is 1. The Bertz CT molecular complexity index is 432. The monoisotopic (exact) mass is 257 g/mol. The number of thiophene rings is 1. The van der Waals surface area contributed by atoms with E-state index in [0.29, 0.717) is 0 Å². The largest absolute Gasteiger partial charge is 0.396 e. The van der Waals surface area contributed by atoms with Crippen LogP contribution in [0, 0.1) is 0 Å². The maximum Gasteiger partial charge on any atom is 0.125 e. The van der Waals surface area contributed by atoms with Gasteiger partial charge in [-0.3, -0.25) is 4.68 Å². The van der Waals surface area contributed by atoms with E-state index in [0.717, 1.165) is 20.0 Å². The molecule has 0 aliphatic rings. The van der Waals surface area contributed by atoms with Crippen LogP contribution in [0.1, 0.15) is 0 Å². The molecule has 13 heavy (non-hydrogen) atoms. The Morgan fingerprint density at radius 1 is 1.54 bits per heavy atom. The molecule has 3 nitrogen and oxygen atoms in total. The molecule has 0 bridgehead atoms. The van der Waals surface area contributed by atoms with Crippen LogP contribution in [0.15, 0.2) is 22.1 Å². The van der Waals surface area contributed by atoms with Gasteiger partial charge < -0.3 is 5.73 Å². The van der Waals surface area contributed by atoms with E-state index in [1.54, 1.807) is 16.0 Å². The fourth-order valence-electron chi connectivity index (χ4n) is 1.14. The Hall–Kier alpha value is -0.810. The highest BCUT2D eigenvalue weighted by Crippen LogP contribution is 2.32. The fourth-order valence-corrected chi connectivity index (χ4v) is 2.53. The summed E-state index contributed by atoms with van der Waals surface area (Å²) in [5.74, 6) is 0. The van der Waals surface area contributed by atoms with Crippen molar-refractivity contribution in [3.63, 3.8) is 0 Å². The van der Waals surface area contributed by atoms with E-state index in [2.05, 4.69) is 21.0 Å². The number of nitrogens with zero attached hydrogens (tertiary/aromatic N) is 2. The number of aryl methyl sites for hydroxylation is 1. The van der Waals surface area contributed by atoms with Gasteiger partial charge in [0.2, 0.25) is 0 Å². The molecule has 0 aromatic carbocycles. The molecule has 0 fully saturated rings. The maximum atomic E-state index is 5.79. The number of hydrogen-bond donors (Lipinski definition) is 1. The molecule has 5 heteroatoms. The van der Waals surface area contributed by atoms with E-state index >= 15 is 0 Å². The molecule has 0 unspecified atom stereocenters. The van der Waals surface area contributed by atoms with Crippen LogP contribution in [0.25, 0.3) is 10.6 Å². The molecule has 2 heterocycles. The second kappa shape index (κ2) is 3.16. The van der Waals surface area contributed by atoms with Gasteiger partial charge in [0.1, 0.15) is 5.69 Å². The third-order valence-electron chi connectivity index (χ3n) is 1.66. The summed E-state index contributed by atoms with van der Waals surface area (Å²) in [7, 11) is 1.86. The van der Waals surface area contributed by atoms with E-state index in [4.69, 9.17) is 5.73 Å². The van der Waals surface area contributed by atoms with E-state index in [1.807, 2.05) is 25.4 Å². The molecule has 2 aromatic heterocycles. The summed E-state index contributed by atoms with van der Waals surface area (Å²) in [6.45, 7) is 0. The average molecular weight is 258 g/mol. The molecule has 0 amide bonds. The molecular formula is C8H8BrN3S. The highest BCUT2D eigenvalue weighted by molar-refractivity contribution is 9.11. The van der Waals surface area contributed by atoms with Crippen molar-refractivity contribution in [2.75, 3.05) is 5.73 Å². The van der Waals surface area contributed by atoms with Gasteiger partial charge in [0.25, 0.3) is 0 Å². The first kappa shape index (κ1) is 8.77. The first-order chi connectivity index (χ1) is 6.16. The van der Waals surface area contributed by atoms with Crippen LogP contribution in [0.4, 0.5) is 5.69 Å². The van der Waals surface area contributed by atoms with Crippen molar-refractivity contribution < 1.29 is 0 Å². The Morgan fingerprint density at radius 2 is 2.31 bits per heavy atom. The van der Waals surface area contributed by atoms with Crippen LogP contribution >= 0.6 is 27.3 Å². The summed E-state index contributed by atoms with van der Waals surface area (Å²) >= 11 is 5.03. The summed E-state index contributed by atoms with van der Waals surface area (Å²) < 4.78 is 2.81. The number of anilines is 1. The van der Waals surface area contributed by atoms with Gasteiger partial charge in [-0.15, -0.1) is 11.3 Å². The predicted octanol–water partition coefficient (Wildman–Crippen LogP) is 2.49. The second-order valence-electron chi connectivity index (χ2n) is 2.71. The van der Waals surface area contributed by atoms with Crippen molar-refractivity contribution in [2.45, 2.75) is 0 Å². The van der Waals surface area contributed by atoms with Crippen molar-refractivity contribution in [2.24, 2.45) is 7.05 Å². The number of aromatic nitrogens is 2. The zero-order chi connectivity index (χ0) is 9.42. The molecule has 2 N–H and O–H groups in total. The minimum Gasteiger partial charge on any atom is -0.396 e. The number of nitrogen functional groups attached to an aromatic ring is 1. The minimum atomic E-state index is 0.719. The Kier molecular flexibility index (Phi) is 2.13. The van der Waals surface area contributed by atoms with Gasteiger partial charge in [0.15, 0.2) is 0 Å². The number of halogens is 1. The third kappa shape index (κ3) is 1.62. The molecule has 0 spiro atoms. The summed E-state index contributed by atoms with van der Waals surface area (Å²) in [5.41, 5.74) is 7.37. The first-order valence-electron chi connectivity index (χ1n) is 3.71. The molecule has 2 rings (SSSR count). The third-order valence-corrected chi connectivity index (χ3v) is 3.29. The molecule has 0 saturated carbocycles. The van der Waals surface area contributed by atoms with Crippen LogP contribution in [-0.2, 0) is 7.05 Å². The molecule has 68 valence electrons. The Morgan fingerprint density at radius 3 is 2.77 bits per heavy atom. The van der Waals surface area contributed by atoms with Gasteiger partial charge in [-0.2, -0.15) is 5.10 Å². The SMILES string of the molecule is Cn1cc(N)c(-c2ccc(Br)s2)n1. The van der Waals surface area contributed by atoms with Crippen molar-refractivity contribution in [3.05, 3.63) is 22.1 Å². The van der Waals surface area contributed by atoms with Gasteiger partial charge in [0.05, 0.1) is 14.4 Å². The zero-order valence-electron chi connectivity index (χ0n) is 6.99. The van der Waals surface area contributed by atoms with Gasteiger partial charge in [-0.05, 0) is 28.1 Å². The summed E-state index contributed by atoms with van der Waals surface area (Å²) in [5, 5.41) is 4.28. The van der Waals surface area contributed by atoms with E-state index in [1.165, 1.54) is 0 Å². The van der Waals surface area contributed by atoms with Crippen LogP contribution in [0.3, 0.4) is 0 Å². The lowest BCUT2D eigenvalue weighted by Crippen LogP contribution is -1.86. The van der Waals surface area contributed by atoms with E-state index in [9.17, 15) is 0 Å². The molecular weight excluding hydrogens is 250 g/mol. The topological polar surface area (TPSA) is 43.8 Å². The molecule has 0 aliphatic heterocycles. The lowest BCUT2D eigenvalue weighted by Gasteiger charge is -1.90. The summed E-state index contributed by atoms with van der Waals surface area (Å²) in [6.07, 6.45) is 1.81. The van der Waals surface area contributed by atoms with Crippen molar-refractivity contribution in [3.8, 4) is 10.6 Å². The molecule has 2 aromatic rings. The highest BCUT2D eigenvalue weighted by Gasteiger charge is 2.08. The fraction of sp³-hybridized carbons (Fsp3) is 0.125. The van der Waals surface area contributed by atoms with E-state index < -0.39 is 0 Å². The number of hydrogen-bond acceptors (Lipinski definition) is 3. The highest BCUT2D eigenvalue weighted by atomic mass is 79.9. The van der Waals surface area contributed by atoms with Crippen molar-refractivity contribution in [1.82, 2.24) is 9.78 Å². The second-order valence-corrected chi connectivity index (χ2v) is 5.17. The minimum absolute atomic E-state index is 0.719. The van der Waals surface area contributed by atoms with Crippen LogP contribution in [0.5, 0.6) is 0 Å². The maximum absolute atomic E-state index is 5.79. The van der Waals surface area contributed by atoms with Gasteiger partial charge in [-0.25, -0.2) is 0 Å². The van der Waals surface area contributed by atoms with Crippen LogP contribution < -0.4 is 5.73 Å². The lowest BCUT2D eigenvalue weighted by atomic mass is 10.3. The smallest absolute Gasteiger partial charge is 0.125 e. The van der Waals surface area contributed by atoms with Gasteiger partial charge in [0, 0.05) is 13.2 Å². The van der Waals surface area contributed by atoms with E-state index in [-0.39, 0.29) is 0 Å². The van der Waals surface area contributed by atoms with Gasteiger partial charge >= 0.3 is 0 Å². The lowest BCUT2D eigenvalue weighted by molar-refractivity contribution is 0.771. The normalized spacial score (nSPS) is 10.6. The predicted molar refractivity (Wildman–Crippen MR) is 58.6 cm³/mol. The molecule has 0 saturated heterocycles. The first-order valence-corrected chi connectivity index (χ1v) is 5.32. The molecule has 0 atom stereocenters. The molecule has 0 radical (unpaired) electrons. The Labute approximate surface area is 88.3 Å². The standard InChI is InChI=1S/C8H8BrN3S/c1-12-4-5(10)8(11-12)6-2-3-7(9)13-6/h2-4H,10H2,1H3. The summed E-state index contributed by atoms with van der Waals surface area (Å²) in [4.78, 5) is 1.09. The molecule has 0 aliphatic carbocycles. The Balaban J connectivity index is 2.51. The average Bonchev–Trinajstić information content (AvgIpc) is 2.58. The quantitative estimate of drug-likeness (QED) is 0.854. The summed E-state index contributed by atoms with van der Waals surface area (Å²) in [6, 6.07) is 4.00. The zero-order valence-corrected chi connectivity index (χ0v) is 9.39. The van der Waals surface area contributed by atoms with Crippen molar-refractivity contribution in [1.29, 1.82) is 0 Å². The van der Waals surface area contributed by atoms with Crippen LogP contribution in [0.2, 0.25) is 0 Å². The van der Waals surface area contributed by atoms with Crippen molar-refractivity contribution >= 4 is 33.0 Å². The van der Waals surface area contributed by atoms with Gasteiger partial charge in [-0.1, -0.05) is 0 Å².